The average Bonchev–Trinajstić information content (AvgIpc) is 2.36. The molecule has 13 heavy (non-hydrogen) atoms. The van der Waals surface area contributed by atoms with Crippen molar-refractivity contribution in [3.8, 4) is 0 Å². The van der Waals surface area contributed by atoms with E-state index in [0.29, 0.717) is 10.7 Å². The van der Waals surface area contributed by atoms with E-state index in [1.54, 1.807) is 7.05 Å². The number of aryl methyl sites for hydroxylation is 1. The van der Waals surface area contributed by atoms with Crippen molar-refractivity contribution in [2.75, 3.05) is 0 Å². The molecule has 1 aromatic rings. The second-order valence-electron chi connectivity index (χ2n) is 2.64. The monoisotopic (exact) mass is 204 g/mol. The lowest BCUT2D eigenvalue weighted by molar-refractivity contribution is -0.146. The molecule has 0 saturated carbocycles. The van der Waals surface area contributed by atoms with Gasteiger partial charge in [0.2, 0.25) is 0 Å². The van der Waals surface area contributed by atoms with Crippen LogP contribution in [0.2, 0.25) is 5.15 Å². The maximum Gasteiger partial charge on any atom is 0.332 e. The second-order valence-corrected chi connectivity index (χ2v) is 3.00. The van der Waals surface area contributed by atoms with Crippen LogP contribution in [0.1, 0.15) is 5.56 Å². The number of aliphatic hydroxyl groups is 1. The zero-order chi connectivity index (χ0) is 10.0. The largest absolute Gasteiger partial charge is 0.479 e. The Morgan fingerprint density at radius 3 is 2.85 bits per heavy atom. The number of rotatable bonds is 3. The number of carbonyl (C=O) groups is 1. The van der Waals surface area contributed by atoms with E-state index in [1.807, 2.05) is 0 Å². The summed E-state index contributed by atoms with van der Waals surface area (Å²) in [6.07, 6.45) is -0.0158. The fourth-order valence-electron chi connectivity index (χ4n) is 0.901. The zero-order valence-corrected chi connectivity index (χ0v) is 7.69. The van der Waals surface area contributed by atoms with E-state index in [-0.39, 0.29) is 6.42 Å². The molecule has 0 aliphatic rings. The molecule has 1 aromatic heterocycles. The molecule has 6 heteroatoms. The number of aliphatic carboxylic acids is 1. The fourth-order valence-corrected chi connectivity index (χ4v) is 1.07. The maximum absolute atomic E-state index is 10.3. The third-order valence-corrected chi connectivity index (χ3v) is 2.12. The van der Waals surface area contributed by atoms with Crippen molar-refractivity contribution in [3.05, 3.63) is 16.9 Å². The van der Waals surface area contributed by atoms with Crippen LogP contribution in [0.4, 0.5) is 0 Å². The Labute approximate surface area is 79.6 Å². The van der Waals surface area contributed by atoms with Crippen LogP contribution in [-0.4, -0.2) is 32.1 Å². The first kappa shape index (κ1) is 10.0. The van der Waals surface area contributed by atoms with Crippen LogP contribution in [0.5, 0.6) is 0 Å². The molecule has 0 bridgehead atoms. The molecule has 1 unspecified atom stereocenters. The smallest absolute Gasteiger partial charge is 0.332 e. The van der Waals surface area contributed by atoms with Crippen LogP contribution in [-0.2, 0) is 18.3 Å². The van der Waals surface area contributed by atoms with E-state index in [9.17, 15) is 4.79 Å². The van der Waals surface area contributed by atoms with Crippen molar-refractivity contribution in [2.24, 2.45) is 7.05 Å². The number of hydrogen-bond donors (Lipinski definition) is 2. The molecule has 0 fully saturated rings. The highest BCUT2D eigenvalue weighted by atomic mass is 35.5. The third kappa shape index (κ3) is 2.19. The number of carboxylic acids is 1. The maximum atomic E-state index is 10.3. The van der Waals surface area contributed by atoms with E-state index in [4.69, 9.17) is 21.8 Å². The lowest BCUT2D eigenvalue weighted by Crippen LogP contribution is -2.21. The predicted octanol–water partition coefficient (Wildman–Crippen LogP) is 0.0615. The van der Waals surface area contributed by atoms with E-state index in [2.05, 4.69) is 5.10 Å². The van der Waals surface area contributed by atoms with E-state index < -0.39 is 12.1 Å². The molecule has 1 atom stereocenters. The van der Waals surface area contributed by atoms with Crippen LogP contribution in [0.3, 0.4) is 0 Å². The zero-order valence-electron chi connectivity index (χ0n) is 6.94. The summed E-state index contributed by atoms with van der Waals surface area (Å²) in [5.41, 5.74) is 0.527. The normalized spacial score (nSPS) is 12.8. The third-order valence-electron chi connectivity index (χ3n) is 1.63. The summed E-state index contributed by atoms with van der Waals surface area (Å²) in [6.45, 7) is 0. The van der Waals surface area contributed by atoms with Gasteiger partial charge in [0.05, 0.1) is 6.20 Å². The van der Waals surface area contributed by atoms with Crippen molar-refractivity contribution in [3.63, 3.8) is 0 Å². The number of carboxylic acid groups (broad SMARTS) is 1. The lowest BCUT2D eigenvalue weighted by atomic mass is 10.1. The summed E-state index contributed by atoms with van der Waals surface area (Å²) in [7, 11) is 1.64. The Hall–Kier alpha value is -1.07. The molecule has 0 aliphatic heterocycles. The summed E-state index contributed by atoms with van der Waals surface area (Å²) >= 11 is 5.75. The van der Waals surface area contributed by atoms with Crippen LogP contribution in [0, 0.1) is 0 Å². The minimum Gasteiger partial charge on any atom is -0.479 e. The highest BCUT2D eigenvalue weighted by molar-refractivity contribution is 6.30. The molecule has 1 heterocycles. The standard InChI is InChI=1S/C7H9ClN2O3/c1-10-6(8)4(3-9-10)2-5(11)7(12)13/h3,5,11H,2H2,1H3,(H,12,13). The van der Waals surface area contributed by atoms with Gasteiger partial charge in [-0.05, 0) is 0 Å². The van der Waals surface area contributed by atoms with Crippen molar-refractivity contribution in [2.45, 2.75) is 12.5 Å². The van der Waals surface area contributed by atoms with Crippen molar-refractivity contribution in [1.82, 2.24) is 9.78 Å². The summed E-state index contributed by atoms with van der Waals surface area (Å²) < 4.78 is 1.41. The van der Waals surface area contributed by atoms with Gasteiger partial charge in [-0.1, -0.05) is 11.6 Å². The van der Waals surface area contributed by atoms with Gasteiger partial charge < -0.3 is 10.2 Å². The van der Waals surface area contributed by atoms with Crippen LogP contribution in [0.15, 0.2) is 6.20 Å². The second kappa shape index (κ2) is 3.76. The first-order valence-corrected chi connectivity index (χ1v) is 3.97. The van der Waals surface area contributed by atoms with Gasteiger partial charge >= 0.3 is 5.97 Å². The molecule has 0 aliphatic carbocycles. The van der Waals surface area contributed by atoms with Gasteiger partial charge in [-0.25, -0.2) is 4.79 Å². The van der Waals surface area contributed by atoms with Gasteiger partial charge in [0.1, 0.15) is 5.15 Å². The topological polar surface area (TPSA) is 75.3 Å². The molecule has 0 aromatic carbocycles. The molecule has 0 radical (unpaired) electrons. The van der Waals surface area contributed by atoms with E-state index in [1.165, 1.54) is 10.9 Å². The summed E-state index contributed by atoms with van der Waals surface area (Å²) in [4.78, 5) is 10.3. The van der Waals surface area contributed by atoms with Crippen LogP contribution >= 0.6 is 11.6 Å². The predicted molar refractivity (Wildman–Crippen MR) is 45.6 cm³/mol. The Morgan fingerprint density at radius 1 is 1.85 bits per heavy atom. The minimum atomic E-state index is -1.43. The highest BCUT2D eigenvalue weighted by Gasteiger charge is 2.17. The average molecular weight is 205 g/mol. The highest BCUT2D eigenvalue weighted by Crippen LogP contribution is 2.15. The molecular weight excluding hydrogens is 196 g/mol. The van der Waals surface area contributed by atoms with Gasteiger partial charge in [-0.15, -0.1) is 0 Å². The van der Waals surface area contributed by atoms with Crippen molar-refractivity contribution in [1.29, 1.82) is 0 Å². The Balaban J connectivity index is 2.74. The van der Waals surface area contributed by atoms with Crippen LogP contribution in [0.25, 0.3) is 0 Å². The number of hydrogen-bond acceptors (Lipinski definition) is 3. The fraction of sp³-hybridized carbons (Fsp3) is 0.429. The summed E-state index contributed by atoms with van der Waals surface area (Å²) in [5.74, 6) is -1.26. The Bertz CT molecular complexity index is 324. The number of aliphatic hydroxyl groups excluding tert-OH is 1. The van der Waals surface area contributed by atoms with E-state index in [0.717, 1.165) is 0 Å². The molecule has 5 nitrogen and oxygen atoms in total. The molecule has 0 spiro atoms. The SMILES string of the molecule is Cn1ncc(CC(O)C(=O)O)c1Cl. The number of halogens is 1. The quantitative estimate of drug-likeness (QED) is 0.730. The molecule has 0 amide bonds. The molecule has 1 rings (SSSR count). The molecular formula is C7H9ClN2O3. The lowest BCUT2D eigenvalue weighted by Gasteiger charge is -2.02. The van der Waals surface area contributed by atoms with Gasteiger partial charge in [0.25, 0.3) is 0 Å². The minimum absolute atomic E-state index is 0.0258. The number of aromatic nitrogens is 2. The molecule has 0 saturated heterocycles. The van der Waals surface area contributed by atoms with Gasteiger partial charge in [0, 0.05) is 19.0 Å². The first-order chi connectivity index (χ1) is 6.02. The number of nitrogens with zero attached hydrogens (tertiary/aromatic N) is 2. The van der Waals surface area contributed by atoms with Crippen LogP contribution < -0.4 is 0 Å². The van der Waals surface area contributed by atoms with Gasteiger partial charge in [0.15, 0.2) is 6.10 Å². The summed E-state index contributed by atoms with van der Waals surface area (Å²) in [5, 5.41) is 21.6. The summed E-state index contributed by atoms with van der Waals surface area (Å²) in [6, 6.07) is 0. The van der Waals surface area contributed by atoms with Crippen molar-refractivity contribution < 1.29 is 15.0 Å². The molecule has 2 N–H and O–H groups in total. The van der Waals surface area contributed by atoms with Gasteiger partial charge in [-0.3, -0.25) is 4.68 Å². The molecule has 72 valence electrons. The Morgan fingerprint density at radius 2 is 2.46 bits per heavy atom. The Kier molecular flexibility index (Phi) is 2.90. The van der Waals surface area contributed by atoms with E-state index >= 15 is 0 Å². The van der Waals surface area contributed by atoms with Crippen molar-refractivity contribution >= 4 is 17.6 Å². The first-order valence-electron chi connectivity index (χ1n) is 3.59. The van der Waals surface area contributed by atoms with Gasteiger partial charge in [-0.2, -0.15) is 5.10 Å².